The average Bonchev–Trinajstić information content (AvgIpc) is 3.24. The van der Waals surface area contributed by atoms with Crippen LogP contribution in [0, 0.1) is 0 Å². The van der Waals surface area contributed by atoms with Gasteiger partial charge < -0.3 is 51.9 Å². The first-order valence-electron chi connectivity index (χ1n) is 20.3. The zero-order valence-electron chi connectivity index (χ0n) is 35.3. The summed E-state index contributed by atoms with van der Waals surface area (Å²) in [5.74, 6) is 0.853. The monoisotopic (exact) mass is 902 g/mol. The summed E-state index contributed by atoms with van der Waals surface area (Å²) in [6, 6.07) is 8.06. The molecule has 0 radical (unpaired) electrons. The van der Waals surface area contributed by atoms with Gasteiger partial charge in [0.2, 0.25) is 35.7 Å². The molecule has 0 atom stereocenters. The van der Waals surface area contributed by atoms with Crippen molar-refractivity contribution >= 4 is 79.5 Å². The third-order valence-electron chi connectivity index (χ3n) is 9.26. The number of hydrogen-bond donors (Lipinski definition) is 10. The summed E-state index contributed by atoms with van der Waals surface area (Å²) in [5.41, 5.74) is 0.342. The lowest BCUT2D eigenvalue weighted by Gasteiger charge is -2.17. The minimum absolute atomic E-state index is 0.0109. The van der Waals surface area contributed by atoms with Crippen molar-refractivity contribution in [3.8, 4) is 0 Å². The molecular weight excluding hydrogens is 845 g/mol. The Balaban J connectivity index is 1.58. The van der Waals surface area contributed by atoms with Crippen LogP contribution in [0.3, 0.4) is 0 Å². The van der Waals surface area contributed by atoms with Gasteiger partial charge in [-0.15, -0.1) is 0 Å². The molecule has 340 valence electrons. The Morgan fingerprint density at radius 3 is 1.15 bits per heavy atom. The predicted octanol–water partition coefficient (Wildman–Crippen LogP) is 3.30. The van der Waals surface area contributed by atoms with Crippen molar-refractivity contribution < 1.29 is 36.2 Å². The van der Waals surface area contributed by atoms with E-state index < -0.39 is 30.0 Å². The fraction of sp³-hybridized carbons (Fsp3) is 0.474. The molecule has 0 unspecified atom stereocenters. The molecule has 0 spiro atoms. The Kier molecular flexibility index (Phi) is 19.4. The molecule has 22 nitrogen and oxygen atoms in total. The number of hydrogen-bond acceptors (Lipinski definition) is 20. The van der Waals surface area contributed by atoms with Gasteiger partial charge in [-0.3, -0.25) is 9.11 Å². The van der Waals surface area contributed by atoms with E-state index in [1.807, 2.05) is 0 Å². The highest BCUT2D eigenvalue weighted by molar-refractivity contribution is 7.86. The van der Waals surface area contributed by atoms with E-state index in [9.17, 15) is 36.2 Å². The number of rotatable bonds is 28. The van der Waals surface area contributed by atoms with Crippen molar-refractivity contribution in [1.82, 2.24) is 39.7 Å². The van der Waals surface area contributed by atoms with Crippen LogP contribution in [0.2, 0.25) is 0 Å². The maximum atomic E-state index is 12.6. The van der Waals surface area contributed by atoms with Crippen LogP contribution in [-0.2, 0) is 20.2 Å². The standard InChI is InChI=1S/C38H58N14O8S2/c1-5-51(6-2)21-9-17-39-33-45-35(41-19-23-53)49-37(47-33)43-29-15-13-27(31(25-29)61(55,56)57)11-12-28-14-16-30(26-32(28)62(58,59)60)44-38-48-34(46-36(50-38)42-20-24-54)40-18-10-22-52(7-3)8-4/h11-16,25-26,53-54H,5-10,17-24H2,1-4H3,(H,55,56,57)(H,58,59,60)(H3,39,41,43,45,47,49)(H3,40,42,44,46,48,50)/b12-11+. The molecule has 2 heterocycles. The highest BCUT2D eigenvalue weighted by Crippen LogP contribution is 2.28. The first-order valence-corrected chi connectivity index (χ1v) is 23.2. The van der Waals surface area contributed by atoms with Gasteiger partial charge in [0.05, 0.1) is 13.2 Å². The van der Waals surface area contributed by atoms with Crippen LogP contribution in [0.4, 0.5) is 47.1 Å². The second kappa shape index (κ2) is 24.3. The molecule has 2 aromatic heterocycles. The Morgan fingerprint density at radius 1 is 0.516 bits per heavy atom. The summed E-state index contributed by atoms with van der Waals surface area (Å²) in [4.78, 5) is 29.6. The van der Waals surface area contributed by atoms with Gasteiger partial charge in [0.15, 0.2) is 0 Å². The quantitative estimate of drug-likeness (QED) is 0.0222. The Bertz CT molecular complexity index is 2140. The average molecular weight is 903 g/mol. The first-order chi connectivity index (χ1) is 29.7. The van der Waals surface area contributed by atoms with Gasteiger partial charge in [0.1, 0.15) is 9.79 Å². The second-order valence-electron chi connectivity index (χ2n) is 13.6. The highest BCUT2D eigenvalue weighted by atomic mass is 32.2. The van der Waals surface area contributed by atoms with E-state index in [0.717, 1.165) is 64.2 Å². The number of anilines is 8. The van der Waals surface area contributed by atoms with Crippen molar-refractivity contribution in [3.63, 3.8) is 0 Å². The van der Waals surface area contributed by atoms with E-state index in [2.05, 4.69) is 99.3 Å². The largest absolute Gasteiger partial charge is 0.395 e. The maximum Gasteiger partial charge on any atom is 0.295 e. The van der Waals surface area contributed by atoms with E-state index in [-0.39, 0.29) is 84.5 Å². The molecule has 0 aliphatic rings. The number of nitrogens with zero attached hydrogens (tertiary/aromatic N) is 8. The van der Waals surface area contributed by atoms with Crippen LogP contribution < -0.4 is 31.9 Å². The summed E-state index contributed by atoms with van der Waals surface area (Å²) >= 11 is 0. The fourth-order valence-electron chi connectivity index (χ4n) is 5.98. The zero-order valence-corrected chi connectivity index (χ0v) is 37.0. The van der Waals surface area contributed by atoms with Crippen molar-refractivity contribution in [2.75, 3.05) is 111 Å². The molecule has 62 heavy (non-hydrogen) atoms. The van der Waals surface area contributed by atoms with Crippen LogP contribution >= 0.6 is 0 Å². The van der Waals surface area contributed by atoms with Crippen LogP contribution in [0.5, 0.6) is 0 Å². The molecule has 0 amide bonds. The van der Waals surface area contributed by atoms with E-state index in [4.69, 9.17) is 0 Å². The number of nitrogens with one attached hydrogen (secondary N) is 6. The van der Waals surface area contributed by atoms with E-state index >= 15 is 0 Å². The van der Waals surface area contributed by atoms with Gasteiger partial charge in [-0.05, 0) is 87.5 Å². The minimum atomic E-state index is -4.84. The van der Waals surface area contributed by atoms with Gasteiger partial charge in [0, 0.05) is 37.6 Å². The van der Waals surface area contributed by atoms with Crippen LogP contribution in [0.1, 0.15) is 51.7 Å². The predicted molar refractivity (Wildman–Crippen MR) is 241 cm³/mol. The molecule has 10 N–H and O–H groups in total. The Morgan fingerprint density at radius 2 is 0.839 bits per heavy atom. The summed E-state index contributed by atoms with van der Waals surface area (Å²) in [6.45, 7) is 14.9. The smallest absolute Gasteiger partial charge is 0.295 e. The van der Waals surface area contributed by atoms with Crippen molar-refractivity contribution in [2.45, 2.75) is 50.3 Å². The van der Waals surface area contributed by atoms with Gasteiger partial charge in [-0.1, -0.05) is 52.0 Å². The molecule has 4 rings (SSSR count). The number of aliphatic hydroxyl groups excluding tert-OH is 2. The van der Waals surface area contributed by atoms with E-state index in [0.29, 0.717) is 13.1 Å². The minimum Gasteiger partial charge on any atom is -0.395 e. The summed E-state index contributed by atoms with van der Waals surface area (Å²) in [7, 11) is -9.68. The lowest BCUT2D eigenvalue weighted by Crippen LogP contribution is -2.25. The lowest BCUT2D eigenvalue weighted by atomic mass is 10.1. The first kappa shape index (κ1) is 49.3. The summed E-state index contributed by atoms with van der Waals surface area (Å²) in [6.07, 6.45) is 4.18. The van der Waals surface area contributed by atoms with Crippen LogP contribution in [-0.4, -0.2) is 155 Å². The molecule has 2 aromatic carbocycles. The molecule has 0 saturated heterocycles. The van der Waals surface area contributed by atoms with Crippen molar-refractivity contribution in [2.24, 2.45) is 0 Å². The van der Waals surface area contributed by atoms with Crippen molar-refractivity contribution in [1.29, 1.82) is 0 Å². The second-order valence-corrected chi connectivity index (χ2v) is 16.3. The van der Waals surface area contributed by atoms with Crippen LogP contribution in [0.25, 0.3) is 12.2 Å². The van der Waals surface area contributed by atoms with Gasteiger partial charge >= 0.3 is 0 Å². The molecule has 0 saturated carbocycles. The third kappa shape index (κ3) is 15.8. The van der Waals surface area contributed by atoms with Gasteiger partial charge in [0.25, 0.3) is 20.2 Å². The molecule has 0 aliphatic carbocycles. The van der Waals surface area contributed by atoms with Gasteiger partial charge in [-0.25, -0.2) is 0 Å². The van der Waals surface area contributed by atoms with Gasteiger partial charge in [-0.2, -0.15) is 46.7 Å². The number of aliphatic hydroxyl groups is 2. The Hall–Kier alpha value is -5.34. The maximum absolute atomic E-state index is 12.6. The molecule has 4 aromatic rings. The molecule has 0 aliphatic heterocycles. The Labute approximate surface area is 362 Å². The highest BCUT2D eigenvalue weighted by Gasteiger charge is 2.19. The topological polar surface area (TPSA) is 305 Å². The SMILES string of the molecule is CCN(CC)CCCNc1nc(NCCO)nc(Nc2ccc(/C=C/c3ccc(Nc4nc(NCCO)nc(NCCCN(CC)CC)n4)cc3S(=O)(=O)O)c(S(=O)(=O)O)c2)n1. The fourth-order valence-corrected chi connectivity index (χ4v) is 7.40. The summed E-state index contributed by atoms with van der Waals surface area (Å²) in [5, 5.41) is 36.6. The number of aromatic nitrogens is 6. The third-order valence-corrected chi connectivity index (χ3v) is 11.1. The lowest BCUT2D eigenvalue weighted by molar-refractivity contribution is 0.303. The normalized spacial score (nSPS) is 12.0. The number of benzene rings is 2. The molecule has 0 bridgehead atoms. The summed E-state index contributed by atoms with van der Waals surface area (Å²) < 4.78 is 71.0. The zero-order chi connectivity index (χ0) is 45.1. The van der Waals surface area contributed by atoms with Crippen molar-refractivity contribution in [3.05, 3.63) is 47.5 Å². The molecule has 24 heteroatoms. The molecular formula is C38H58N14O8S2. The van der Waals surface area contributed by atoms with E-state index in [1.54, 1.807) is 0 Å². The van der Waals surface area contributed by atoms with E-state index in [1.165, 1.54) is 36.4 Å². The van der Waals surface area contributed by atoms with Crippen LogP contribution in [0.15, 0.2) is 46.2 Å². The molecule has 0 fully saturated rings.